The molecule has 0 radical (unpaired) electrons. The normalized spacial score (nSPS) is 11.4. The van der Waals surface area contributed by atoms with Crippen molar-refractivity contribution in [3.63, 3.8) is 0 Å². The van der Waals surface area contributed by atoms with Gasteiger partial charge in [-0.2, -0.15) is 13.2 Å². The topological polar surface area (TPSA) is 56.0 Å². The van der Waals surface area contributed by atoms with E-state index in [4.69, 9.17) is 5.73 Å². The van der Waals surface area contributed by atoms with E-state index in [0.717, 1.165) is 12.3 Å². The van der Waals surface area contributed by atoms with E-state index in [1.807, 2.05) is 0 Å². The van der Waals surface area contributed by atoms with Gasteiger partial charge >= 0.3 is 6.18 Å². The van der Waals surface area contributed by atoms with Crippen molar-refractivity contribution >= 4 is 21.8 Å². The Kier molecular flexibility index (Phi) is 2.79. The number of aromatic nitrogens is 1. The number of halogens is 4. The van der Waals surface area contributed by atoms with Gasteiger partial charge in [-0.1, -0.05) is 15.9 Å². The molecule has 76 valence electrons. The maximum Gasteiger partial charge on any atom is 0.419 e. The smallest absolute Gasteiger partial charge is 0.364 e. The fourth-order valence-corrected chi connectivity index (χ4v) is 1.43. The fraction of sp³-hybridized carbons (Fsp3) is 0.143. The second-order valence-corrected chi connectivity index (χ2v) is 3.23. The lowest BCUT2D eigenvalue weighted by atomic mass is 10.2. The Bertz CT molecular complexity index is 378. The Morgan fingerprint density at radius 1 is 1.50 bits per heavy atom. The van der Waals surface area contributed by atoms with Crippen molar-refractivity contribution in [1.82, 2.24) is 4.98 Å². The first-order valence-corrected chi connectivity index (χ1v) is 4.15. The van der Waals surface area contributed by atoms with Gasteiger partial charge in [-0.15, -0.1) is 0 Å². The number of primary amides is 1. The summed E-state index contributed by atoms with van der Waals surface area (Å²) in [5.41, 5.74) is 2.83. The molecule has 0 atom stereocenters. The number of nitrogens with two attached hydrogens (primary N) is 1. The molecular weight excluding hydrogens is 265 g/mol. The van der Waals surface area contributed by atoms with Crippen LogP contribution in [0.2, 0.25) is 0 Å². The van der Waals surface area contributed by atoms with Crippen molar-refractivity contribution in [1.29, 1.82) is 0 Å². The van der Waals surface area contributed by atoms with Gasteiger partial charge in [0.2, 0.25) is 0 Å². The maximum atomic E-state index is 12.4. The molecule has 0 aliphatic carbocycles. The van der Waals surface area contributed by atoms with Gasteiger partial charge in [0.15, 0.2) is 0 Å². The molecule has 0 bridgehead atoms. The highest BCUT2D eigenvalue weighted by Gasteiger charge is 2.37. The van der Waals surface area contributed by atoms with Crippen LogP contribution >= 0.6 is 15.9 Å². The van der Waals surface area contributed by atoms with E-state index in [-0.39, 0.29) is 4.47 Å². The molecule has 2 N–H and O–H groups in total. The molecule has 0 aromatic carbocycles. The second-order valence-electron chi connectivity index (χ2n) is 2.38. The van der Waals surface area contributed by atoms with Gasteiger partial charge in [0, 0.05) is 10.7 Å². The van der Waals surface area contributed by atoms with Crippen LogP contribution in [0.25, 0.3) is 0 Å². The zero-order valence-corrected chi connectivity index (χ0v) is 8.19. The average Bonchev–Trinajstić information content (AvgIpc) is 2.01. The summed E-state index contributed by atoms with van der Waals surface area (Å²) in [6, 6.07) is 1.09. The van der Waals surface area contributed by atoms with Crippen molar-refractivity contribution in [3.05, 3.63) is 28.0 Å². The predicted octanol–water partition coefficient (Wildman–Crippen LogP) is 1.96. The summed E-state index contributed by atoms with van der Waals surface area (Å²) in [7, 11) is 0. The van der Waals surface area contributed by atoms with Crippen LogP contribution in [0.5, 0.6) is 0 Å². The Balaban J connectivity index is 3.45. The Morgan fingerprint density at radius 3 is 2.43 bits per heavy atom. The average molecular weight is 269 g/mol. The Hall–Kier alpha value is -1.11. The number of alkyl halides is 3. The molecular formula is C7H4BrF3N2O. The molecule has 3 nitrogen and oxygen atoms in total. The van der Waals surface area contributed by atoms with Crippen LogP contribution in [0.3, 0.4) is 0 Å². The van der Waals surface area contributed by atoms with Crippen LogP contribution < -0.4 is 5.73 Å². The molecule has 0 saturated carbocycles. The maximum absolute atomic E-state index is 12.4. The number of pyridine rings is 1. The highest BCUT2D eigenvalue weighted by molar-refractivity contribution is 9.10. The molecule has 0 spiro atoms. The largest absolute Gasteiger partial charge is 0.419 e. The van der Waals surface area contributed by atoms with E-state index < -0.39 is 23.3 Å². The monoisotopic (exact) mass is 268 g/mol. The minimum atomic E-state index is -4.66. The number of hydrogen-bond donors (Lipinski definition) is 1. The Morgan fingerprint density at radius 2 is 2.07 bits per heavy atom. The summed E-state index contributed by atoms with van der Waals surface area (Å²) in [4.78, 5) is 13.9. The van der Waals surface area contributed by atoms with E-state index in [2.05, 4.69) is 20.9 Å². The summed E-state index contributed by atoms with van der Waals surface area (Å²) in [5.74, 6) is -1.21. The third-order valence-electron chi connectivity index (χ3n) is 1.42. The van der Waals surface area contributed by atoms with Gasteiger partial charge < -0.3 is 5.73 Å². The zero-order chi connectivity index (χ0) is 10.9. The number of hydrogen-bond acceptors (Lipinski definition) is 2. The highest BCUT2D eigenvalue weighted by Crippen LogP contribution is 2.36. The van der Waals surface area contributed by atoms with Gasteiger partial charge in [-0.25, -0.2) is 0 Å². The van der Waals surface area contributed by atoms with Crippen molar-refractivity contribution in [2.24, 2.45) is 5.73 Å². The first-order valence-electron chi connectivity index (χ1n) is 3.35. The molecule has 0 aliphatic heterocycles. The standard InChI is InChI=1S/C7H4BrF3N2O/c8-3-1-2-13-5(6(12)14)4(3)7(9,10)11/h1-2H,(H2,12,14). The molecule has 7 heteroatoms. The summed E-state index contributed by atoms with van der Waals surface area (Å²) in [5, 5.41) is 0. The van der Waals surface area contributed by atoms with E-state index in [1.54, 1.807) is 0 Å². The minimum Gasteiger partial charge on any atom is -0.364 e. The summed E-state index contributed by atoms with van der Waals surface area (Å²) < 4.78 is 36.9. The number of amides is 1. The van der Waals surface area contributed by atoms with E-state index in [9.17, 15) is 18.0 Å². The first kappa shape index (κ1) is 11.0. The first-order chi connectivity index (χ1) is 6.34. The summed E-state index contributed by atoms with van der Waals surface area (Å²) in [6.07, 6.45) is -3.59. The number of carbonyl (C=O) groups excluding carboxylic acids is 1. The number of rotatable bonds is 1. The van der Waals surface area contributed by atoms with Crippen molar-refractivity contribution in [3.8, 4) is 0 Å². The SMILES string of the molecule is NC(=O)c1nccc(Br)c1C(F)(F)F. The van der Waals surface area contributed by atoms with Gasteiger partial charge in [0.1, 0.15) is 11.3 Å². The summed E-state index contributed by atoms with van der Waals surface area (Å²) in [6.45, 7) is 0. The third kappa shape index (κ3) is 2.03. The van der Waals surface area contributed by atoms with Crippen LogP contribution in [-0.2, 0) is 6.18 Å². The van der Waals surface area contributed by atoms with Crippen LogP contribution in [0.1, 0.15) is 16.1 Å². The van der Waals surface area contributed by atoms with Crippen molar-refractivity contribution in [2.45, 2.75) is 6.18 Å². The number of nitrogens with zero attached hydrogens (tertiary/aromatic N) is 1. The lowest BCUT2D eigenvalue weighted by molar-refractivity contribution is -0.138. The van der Waals surface area contributed by atoms with Gasteiger partial charge in [0.05, 0.1) is 0 Å². The Labute approximate surface area is 85.2 Å². The molecule has 0 unspecified atom stereocenters. The van der Waals surface area contributed by atoms with E-state index in [0.29, 0.717) is 0 Å². The van der Waals surface area contributed by atoms with Crippen molar-refractivity contribution in [2.75, 3.05) is 0 Å². The van der Waals surface area contributed by atoms with Crippen LogP contribution in [0, 0.1) is 0 Å². The predicted molar refractivity (Wildman–Crippen MR) is 45.5 cm³/mol. The third-order valence-corrected chi connectivity index (χ3v) is 2.08. The minimum absolute atomic E-state index is 0.256. The zero-order valence-electron chi connectivity index (χ0n) is 6.60. The molecule has 1 aromatic heterocycles. The molecule has 0 fully saturated rings. The van der Waals surface area contributed by atoms with Crippen LogP contribution in [0.4, 0.5) is 13.2 Å². The lowest BCUT2D eigenvalue weighted by Crippen LogP contribution is -2.21. The number of carbonyl (C=O) groups is 1. The van der Waals surface area contributed by atoms with Crippen LogP contribution in [0.15, 0.2) is 16.7 Å². The molecule has 14 heavy (non-hydrogen) atoms. The van der Waals surface area contributed by atoms with Crippen LogP contribution in [-0.4, -0.2) is 10.9 Å². The summed E-state index contributed by atoms with van der Waals surface area (Å²) >= 11 is 2.68. The highest BCUT2D eigenvalue weighted by atomic mass is 79.9. The molecule has 1 rings (SSSR count). The van der Waals surface area contributed by atoms with Crippen molar-refractivity contribution < 1.29 is 18.0 Å². The quantitative estimate of drug-likeness (QED) is 0.847. The van der Waals surface area contributed by atoms with Gasteiger partial charge in [-0.3, -0.25) is 9.78 Å². The molecule has 1 heterocycles. The lowest BCUT2D eigenvalue weighted by Gasteiger charge is -2.11. The fourth-order valence-electron chi connectivity index (χ4n) is 0.895. The van der Waals surface area contributed by atoms with Gasteiger partial charge in [0.25, 0.3) is 5.91 Å². The van der Waals surface area contributed by atoms with E-state index in [1.165, 1.54) is 0 Å². The molecule has 1 aromatic rings. The molecule has 1 amide bonds. The molecule has 0 aliphatic rings. The molecule has 0 saturated heterocycles. The second kappa shape index (κ2) is 3.56. The van der Waals surface area contributed by atoms with E-state index >= 15 is 0 Å². The van der Waals surface area contributed by atoms with Gasteiger partial charge in [-0.05, 0) is 6.07 Å².